The zero-order valence-corrected chi connectivity index (χ0v) is 11.5. The average molecular weight is 240 g/mol. The Kier molecular flexibility index (Phi) is 4.83. The van der Waals surface area contributed by atoms with Crippen LogP contribution in [0.2, 0.25) is 0 Å². The fourth-order valence-electron chi connectivity index (χ4n) is 2.99. The molecule has 2 atom stereocenters. The standard InChI is InChI=1S/C14H28N2O/c1-3-14(2)12-16(10-8-15-14)9-4-6-13-7-5-11-17-13/h13,15H,3-12H2,1-2H3. The molecular weight excluding hydrogens is 212 g/mol. The molecule has 0 aliphatic carbocycles. The molecule has 0 radical (unpaired) electrons. The van der Waals surface area contributed by atoms with Gasteiger partial charge in [-0.15, -0.1) is 0 Å². The van der Waals surface area contributed by atoms with Crippen molar-refractivity contribution in [3.05, 3.63) is 0 Å². The molecule has 3 nitrogen and oxygen atoms in total. The van der Waals surface area contributed by atoms with Crippen LogP contribution in [0.15, 0.2) is 0 Å². The van der Waals surface area contributed by atoms with Crippen molar-refractivity contribution < 1.29 is 4.74 Å². The van der Waals surface area contributed by atoms with Crippen LogP contribution in [0, 0.1) is 0 Å². The van der Waals surface area contributed by atoms with Gasteiger partial charge in [-0.25, -0.2) is 0 Å². The summed E-state index contributed by atoms with van der Waals surface area (Å²) in [5.74, 6) is 0. The second-order valence-corrected chi connectivity index (χ2v) is 5.89. The van der Waals surface area contributed by atoms with Crippen LogP contribution < -0.4 is 5.32 Å². The van der Waals surface area contributed by atoms with Crippen LogP contribution in [0.4, 0.5) is 0 Å². The molecule has 2 unspecified atom stereocenters. The molecule has 1 N–H and O–H groups in total. The van der Waals surface area contributed by atoms with Gasteiger partial charge in [0.15, 0.2) is 0 Å². The summed E-state index contributed by atoms with van der Waals surface area (Å²) in [6.45, 7) is 10.4. The van der Waals surface area contributed by atoms with Gasteiger partial charge >= 0.3 is 0 Å². The minimum atomic E-state index is 0.335. The molecule has 2 rings (SSSR count). The summed E-state index contributed by atoms with van der Waals surface area (Å²) < 4.78 is 5.67. The lowest BCUT2D eigenvalue weighted by molar-refractivity contribution is 0.0919. The van der Waals surface area contributed by atoms with Crippen LogP contribution in [0.5, 0.6) is 0 Å². The molecule has 2 heterocycles. The van der Waals surface area contributed by atoms with Gasteiger partial charge in [-0.05, 0) is 45.6 Å². The molecule has 0 spiro atoms. The van der Waals surface area contributed by atoms with Gasteiger partial charge in [-0.3, -0.25) is 0 Å². The van der Waals surface area contributed by atoms with Crippen molar-refractivity contribution in [1.82, 2.24) is 10.2 Å². The first-order chi connectivity index (χ1) is 8.22. The molecule has 17 heavy (non-hydrogen) atoms. The number of nitrogens with zero attached hydrogens (tertiary/aromatic N) is 1. The number of hydrogen-bond donors (Lipinski definition) is 1. The molecule has 0 amide bonds. The SMILES string of the molecule is CCC1(C)CN(CCCC2CCCO2)CCN1. The topological polar surface area (TPSA) is 24.5 Å². The fourth-order valence-corrected chi connectivity index (χ4v) is 2.99. The van der Waals surface area contributed by atoms with Crippen LogP contribution >= 0.6 is 0 Å². The molecule has 3 heteroatoms. The Labute approximate surface area is 106 Å². The molecule has 0 bridgehead atoms. The van der Waals surface area contributed by atoms with Crippen LogP contribution in [-0.2, 0) is 4.74 Å². The van der Waals surface area contributed by atoms with E-state index in [0.717, 1.165) is 13.2 Å². The van der Waals surface area contributed by atoms with Crippen molar-refractivity contribution in [2.75, 3.05) is 32.8 Å². The summed E-state index contributed by atoms with van der Waals surface area (Å²) in [6.07, 6.45) is 6.89. The number of hydrogen-bond acceptors (Lipinski definition) is 3. The summed E-state index contributed by atoms with van der Waals surface area (Å²) in [7, 11) is 0. The van der Waals surface area contributed by atoms with Crippen molar-refractivity contribution >= 4 is 0 Å². The molecule has 100 valence electrons. The maximum absolute atomic E-state index is 5.67. The van der Waals surface area contributed by atoms with E-state index in [1.54, 1.807) is 0 Å². The lowest BCUT2D eigenvalue weighted by Crippen LogP contribution is -2.58. The molecule has 2 aliphatic rings. The Morgan fingerprint density at radius 1 is 1.47 bits per heavy atom. The zero-order chi connectivity index (χ0) is 12.1. The third-order valence-electron chi connectivity index (χ3n) is 4.36. The predicted molar refractivity (Wildman–Crippen MR) is 71.3 cm³/mol. The van der Waals surface area contributed by atoms with Gasteiger partial charge in [0, 0.05) is 31.8 Å². The molecule has 0 aromatic heterocycles. The summed E-state index contributed by atoms with van der Waals surface area (Å²) >= 11 is 0. The second-order valence-electron chi connectivity index (χ2n) is 5.89. The minimum absolute atomic E-state index is 0.335. The first-order valence-electron chi connectivity index (χ1n) is 7.31. The van der Waals surface area contributed by atoms with Crippen molar-refractivity contribution in [3.8, 4) is 0 Å². The Bertz CT molecular complexity index is 228. The summed E-state index contributed by atoms with van der Waals surface area (Å²) in [6, 6.07) is 0. The molecular formula is C14H28N2O. The number of piperazine rings is 1. The zero-order valence-electron chi connectivity index (χ0n) is 11.5. The summed E-state index contributed by atoms with van der Waals surface area (Å²) in [5.41, 5.74) is 0.335. The van der Waals surface area contributed by atoms with E-state index in [1.807, 2.05) is 0 Å². The largest absolute Gasteiger partial charge is 0.378 e. The van der Waals surface area contributed by atoms with Gasteiger partial charge in [-0.2, -0.15) is 0 Å². The maximum atomic E-state index is 5.67. The van der Waals surface area contributed by atoms with Gasteiger partial charge in [0.1, 0.15) is 0 Å². The van der Waals surface area contributed by atoms with E-state index >= 15 is 0 Å². The van der Waals surface area contributed by atoms with E-state index in [1.165, 1.54) is 51.7 Å². The highest BCUT2D eigenvalue weighted by Gasteiger charge is 2.28. The molecule has 2 fully saturated rings. The lowest BCUT2D eigenvalue weighted by Gasteiger charge is -2.41. The second kappa shape index (κ2) is 6.17. The normalized spacial score (nSPS) is 35.3. The van der Waals surface area contributed by atoms with E-state index in [9.17, 15) is 0 Å². The first kappa shape index (κ1) is 13.3. The van der Waals surface area contributed by atoms with E-state index in [0.29, 0.717) is 11.6 Å². The van der Waals surface area contributed by atoms with E-state index in [2.05, 4.69) is 24.1 Å². The highest BCUT2D eigenvalue weighted by molar-refractivity contribution is 4.89. The highest BCUT2D eigenvalue weighted by Crippen LogP contribution is 2.19. The quantitative estimate of drug-likeness (QED) is 0.795. The summed E-state index contributed by atoms with van der Waals surface area (Å²) in [5, 5.41) is 3.64. The van der Waals surface area contributed by atoms with E-state index in [4.69, 9.17) is 4.74 Å². The molecule has 0 aromatic carbocycles. The summed E-state index contributed by atoms with van der Waals surface area (Å²) in [4.78, 5) is 2.62. The number of rotatable bonds is 5. The van der Waals surface area contributed by atoms with E-state index < -0.39 is 0 Å². The predicted octanol–water partition coefficient (Wildman–Crippen LogP) is 2.02. The van der Waals surface area contributed by atoms with E-state index in [-0.39, 0.29) is 0 Å². The maximum Gasteiger partial charge on any atom is 0.0576 e. The van der Waals surface area contributed by atoms with Crippen molar-refractivity contribution in [1.29, 1.82) is 0 Å². The average Bonchev–Trinajstić information content (AvgIpc) is 2.82. The Morgan fingerprint density at radius 2 is 2.35 bits per heavy atom. The molecule has 2 aliphatic heterocycles. The minimum Gasteiger partial charge on any atom is -0.378 e. The Balaban J connectivity index is 1.64. The third-order valence-corrected chi connectivity index (χ3v) is 4.36. The third kappa shape index (κ3) is 3.94. The van der Waals surface area contributed by atoms with Crippen molar-refractivity contribution in [3.63, 3.8) is 0 Å². The molecule has 2 saturated heterocycles. The van der Waals surface area contributed by atoms with Gasteiger partial charge in [0.2, 0.25) is 0 Å². The highest BCUT2D eigenvalue weighted by atomic mass is 16.5. The van der Waals surface area contributed by atoms with Gasteiger partial charge in [0.05, 0.1) is 6.10 Å². The smallest absolute Gasteiger partial charge is 0.0576 e. The van der Waals surface area contributed by atoms with Crippen LogP contribution in [-0.4, -0.2) is 49.3 Å². The van der Waals surface area contributed by atoms with Gasteiger partial charge < -0.3 is 15.0 Å². The molecule has 0 saturated carbocycles. The monoisotopic (exact) mass is 240 g/mol. The van der Waals surface area contributed by atoms with Crippen LogP contribution in [0.3, 0.4) is 0 Å². The van der Waals surface area contributed by atoms with Crippen molar-refractivity contribution in [2.45, 2.75) is 57.6 Å². The Morgan fingerprint density at radius 3 is 3.06 bits per heavy atom. The van der Waals surface area contributed by atoms with Crippen LogP contribution in [0.1, 0.15) is 46.0 Å². The number of ether oxygens (including phenoxy) is 1. The lowest BCUT2D eigenvalue weighted by atomic mass is 9.95. The first-order valence-corrected chi connectivity index (χ1v) is 7.31. The van der Waals surface area contributed by atoms with Gasteiger partial charge in [-0.1, -0.05) is 6.92 Å². The number of nitrogens with one attached hydrogen (secondary N) is 1. The van der Waals surface area contributed by atoms with Gasteiger partial charge in [0.25, 0.3) is 0 Å². The van der Waals surface area contributed by atoms with Crippen molar-refractivity contribution in [2.24, 2.45) is 0 Å². The van der Waals surface area contributed by atoms with Crippen LogP contribution in [0.25, 0.3) is 0 Å². The molecule has 0 aromatic rings. The Hall–Kier alpha value is -0.120. The fraction of sp³-hybridized carbons (Fsp3) is 1.00.